The Morgan fingerprint density at radius 3 is 1.89 bits per heavy atom. The normalized spacial score (nSPS) is 11.4. The first-order valence-electron chi connectivity index (χ1n) is 11.8. The number of hydrogen-bond donors (Lipinski definition) is 1. The topological polar surface area (TPSA) is 62.3 Å². The third-order valence-corrected chi connectivity index (χ3v) is 5.83. The fourth-order valence-electron chi connectivity index (χ4n) is 4.00. The molecule has 0 spiro atoms. The highest BCUT2D eigenvalue weighted by Gasteiger charge is 2.30. The first-order valence-corrected chi connectivity index (χ1v) is 11.8. The number of hydrogen-bond acceptors (Lipinski definition) is 3. The largest absolute Gasteiger partial charge is 0.349 e. The third-order valence-electron chi connectivity index (χ3n) is 5.83. The van der Waals surface area contributed by atoms with Gasteiger partial charge in [-0.2, -0.15) is 0 Å². The van der Waals surface area contributed by atoms with Crippen molar-refractivity contribution in [2.24, 2.45) is 0 Å². The Bertz CT molecular complexity index is 1200. The van der Waals surface area contributed by atoms with Gasteiger partial charge in [-0.25, -0.2) is 0 Å². The van der Waals surface area contributed by atoms with E-state index in [2.05, 4.69) is 10.3 Å². The van der Waals surface area contributed by atoms with E-state index in [0.717, 1.165) is 22.4 Å². The van der Waals surface area contributed by atoms with E-state index in [9.17, 15) is 9.59 Å². The maximum atomic E-state index is 13.7. The van der Waals surface area contributed by atoms with Crippen LogP contribution in [0.1, 0.15) is 22.4 Å². The number of carbonyl (C=O) groups excluding carboxylic acids is 2. The minimum atomic E-state index is -0.669. The molecule has 0 radical (unpaired) electrons. The summed E-state index contributed by atoms with van der Waals surface area (Å²) in [5.41, 5.74) is 3.66. The van der Waals surface area contributed by atoms with E-state index in [1.807, 2.05) is 109 Å². The zero-order valence-corrected chi connectivity index (χ0v) is 19.6. The second-order valence-electron chi connectivity index (χ2n) is 8.41. The molecule has 5 heteroatoms. The van der Waals surface area contributed by atoms with Crippen LogP contribution in [0.5, 0.6) is 0 Å². The highest BCUT2D eigenvalue weighted by molar-refractivity contribution is 5.88. The van der Waals surface area contributed by atoms with E-state index in [1.165, 1.54) is 0 Å². The average molecular weight is 464 g/mol. The van der Waals surface area contributed by atoms with Gasteiger partial charge in [0.15, 0.2) is 0 Å². The summed E-state index contributed by atoms with van der Waals surface area (Å²) in [6.07, 6.45) is 2.35. The van der Waals surface area contributed by atoms with Crippen LogP contribution in [0.2, 0.25) is 0 Å². The molecule has 4 aromatic rings. The number of carbonyl (C=O) groups is 2. The number of rotatable bonds is 10. The van der Waals surface area contributed by atoms with Gasteiger partial charge in [0, 0.05) is 19.2 Å². The number of pyridine rings is 1. The number of nitrogens with one attached hydrogen (secondary N) is 1. The molecule has 1 heterocycles. The Kier molecular flexibility index (Phi) is 8.38. The molecule has 35 heavy (non-hydrogen) atoms. The van der Waals surface area contributed by atoms with Gasteiger partial charge in [-0.3, -0.25) is 14.6 Å². The fraction of sp³-hybridized carbons (Fsp3) is 0.167. The first-order chi connectivity index (χ1) is 17.2. The molecule has 176 valence electrons. The molecule has 1 N–H and O–H groups in total. The summed E-state index contributed by atoms with van der Waals surface area (Å²) in [7, 11) is 0. The van der Waals surface area contributed by atoms with Crippen LogP contribution >= 0.6 is 0 Å². The quantitative estimate of drug-likeness (QED) is 0.374. The Balaban J connectivity index is 1.62. The Morgan fingerprint density at radius 1 is 0.714 bits per heavy atom. The van der Waals surface area contributed by atoms with Crippen molar-refractivity contribution in [1.82, 2.24) is 15.2 Å². The molecule has 5 nitrogen and oxygen atoms in total. The lowest BCUT2D eigenvalue weighted by Crippen LogP contribution is -2.50. The van der Waals surface area contributed by atoms with Crippen molar-refractivity contribution in [1.29, 1.82) is 0 Å². The molecular formula is C30H29N3O2. The summed E-state index contributed by atoms with van der Waals surface area (Å²) in [6, 6.07) is 34.2. The molecule has 1 atom stereocenters. The summed E-state index contributed by atoms with van der Waals surface area (Å²) in [5, 5.41) is 3.01. The second-order valence-corrected chi connectivity index (χ2v) is 8.41. The second kappa shape index (κ2) is 12.3. The maximum Gasteiger partial charge on any atom is 0.243 e. The smallest absolute Gasteiger partial charge is 0.243 e. The summed E-state index contributed by atoms with van der Waals surface area (Å²) in [4.78, 5) is 33.3. The van der Waals surface area contributed by atoms with E-state index in [0.29, 0.717) is 19.5 Å². The van der Waals surface area contributed by atoms with Gasteiger partial charge in [0.05, 0.1) is 18.7 Å². The predicted molar refractivity (Wildman–Crippen MR) is 137 cm³/mol. The first kappa shape index (κ1) is 23.9. The summed E-state index contributed by atoms with van der Waals surface area (Å²) in [5.74, 6) is -0.286. The Hall–Kier alpha value is -4.25. The van der Waals surface area contributed by atoms with Gasteiger partial charge in [-0.15, -0.1) is 0 Å². The van der Waals surface area contributed by atoms with Crippen molar-refractivity contribution in [3.63, 3.8) is 0 Å². The van der Waals surface area contributed by atoms with Crippen molar-refractivity contribution in [3.05, 3.63) is 138 Å². The van der Waals surface area contributed by atoms with Crippen molar-refractivity contribution >= 4 is 11.8 Å². The van der Waals surface area contributed by atoms with E-state index in [4.69, 9.17) is 0 Å². The Morgan fingerprint density at radius 2 is 1.29 bits per heavy atom. The zero-order chi connectivity index (χ0) is 24.3. The van der Waals surface area contributed by atoms with Gasteiger partial charge >= 0.3 is 0 Å². The highest BCUT2D eigenvalue weighted by Crippen LogP contribution is 2.17. The lowest BCUT2D eigenvalue weighted by atomic mass is 10.0. The maximum absolute atomic E-state index is 13.7. The number of nitrogens with zero attached hydrogens (tertiary/aromatic N) is 2. The molecule has 0 fully saturated rings. The van der Waals surface area contributed by atoms with Gasteiger partial charge in [-0.05, 0) is 28.8 Å². The molecule has 0 saturated carbocycles. The summed E-state index contributed by atoms with van der Waals surface area (Å²) >= 11 is 0. The third kappa shape index (κ3) is 7.11. The van der Waals surface area contributed by atoms with Crippen molar-refractivity contribution in [3.8, 4) is 0 Å². The van der Waals surface area contributed by atoms with Crippen LogP contribution < -0.4 is 5.32 Å². The molecule has 0 bridgehead atoms. The predicted octanol–water partition coefficient (Wildman–Crippen LogP) is 4.58. The van der Waals surface area contributed by atoms with Gasteiger partial charge in [0.25, 0.3) is 0 Å². The summed E-state index contributed by atoms with van der Waals surface area (Å²) in [6.45, 7) is 0.651. The monoisotopic (exact) mass is 463 g/mol. The minimum absolute atomic E-state index is 0.0889. The standard InChI is InChI=1S/C30H29N3O2/c34-29(21-25-14-6-2-7-15-25)33(23-26-16-8-3-9-17-26)28(20-24-12-4-1-5-13-24)30(35)32-22-27-18-10-11-19-31-27/h1-19,28H,20-23H2,(H,32,35). The van der Waals surface area contributed by atoms with E-state index in [1.54, 1.807) is 11.1 Å². The lowest BCUT2D eigenvalue weighted by Gasteiger charge is -2.31. The van der Waals surface area contributed by atoms with Crippen LogP contribution in [0, 0.1) is 0 Å². The van der Waals surface area contributed by atoms with Gasteiger partial charge in [-0.1, -0.05) is 97.1 Å². The minimum Gasteiger partial charge on any atom is -0.349 e. The van der Waals surface area contributed by atoms with Crippen molar-refractivity contribution in [2.45, 2.75) is 32.0 Å². The molecule has 0 aliphatic heterocycles. The zero-order valence-electron chi connectivity index (χ0n) is 19.6. The fourth-order valence-corrected chi connectivity index (χ4v) is 4.00. The molecule has 1 aromatic heterocycles. The number of benzene rings is 3. The molecule has 2 amide bonds. The molecule has 0 aliphatic carbocycles. The number of amides is 2. The van der Waals surface area contributed by atoms with Crippen LogP contribution in [0.15, 0.2) is 115 Å². The number of aromatic nitrogens is 1. The highest BCUT2D eigenvalue weighted by atomic mass is 16.2. The van der Waals surface area contributed by atoms with Crippen molar-refractivity contribution in [2.75, 3.05) is 0 Å². The van der Waals surface area contributed by atoms with Gasteiger partial charge in [0.1, 0.15) is 6.04 Å². The molecule has 3 aromatic carbocycles. The van der Waals surface area contributed by atoms with Crippen LogP contribution in [0.25, 0.3) is 0 Å². The lowest BCUT2D eigenvalue weighted by molar-refractivity contribution is -0.140. The van der Waals surface area contributed by atoms with Crippen LogP contribution in [0.3, 0.4) is 0 Å². The molecule has 0 saturated heterocycles. The van der Waals surface area contributed by atoms with E-state index in [-0.39, 0.29) is 18.2 Å². The molecule has 0 aliphatic rings. The molecule has 4 rings (SSSR count). The Labute approximate surface area is 206 Å². The average Bonchev–Trinajstić information content (AvgIpc) is 2.91. The van der Waals surface area contributed by atoms with Crippen molar-refractivity contribution < 1.29 is 9.59 Å². The molecular weight excluding hydrogens is 434 g/mol. The summed E-state index contributed by atoms with van der Waals surface area (Å²) < 4.78 is 0. The van der Waals surface area contributed by atoms with Crippen LogP contribution in [-0.4, -0.2) is 27.7 Å². The molecule has 1 unspecified atom stereocenters. The van der Waals surface area contributed by atoms with Crippen LogP contribution in [-0.2, 0) is 35.5 Å². The van der Waals surface area contributed by atoms with E-state index < -0.39 is 6.04 Å². The SMILES string of the molecule is O=C(NCc1ccccn1)C(Cc1ccccc1)N(Cc1ccccc1)C(=O)Cc1ccccc1. The van der Waals surface area contributed by atoms with Gasteiger partial charge < -0.3 is 10.2 Å². The van der Waals surface area contributed by atoms with Gasteiger partial charge in [0.2, 0.25) is 11.8 Å². The van der Waals surface area contributed by atoms with E-state index >= 15 is 0 Å². The van der Waals surface area contributed by atoms with Crippen LogP contribution in [0.4, 0.5) is 0 Å².